The van der Waals surface area contributed by atoms with Crippen LogP contribution in [0.1, 0.15) is 45.1 Å². The molecule has 0 bridgehead atoms. The van der Waals surface area contributed by atoms with E-state index in [4.69, 9.17) is 9.47 Å². The van der Waals surface area contributed by atoms with Crippen molar-refractivity contribution in [3.8, 4) is 11.8 Å². The first kappa shape index (κ1) is 22.2. The largest absolute Gasteiger partial charge is 0.489 e. The smallest absolute Gasteiger partial charge is 0.227 e. The van der Waals surface area contributed by atoms with Crippen LogP contribution < -0.4 is 15.0 Å². The number of carbonyl (C=O) groups excluding carboxylic acids is 1. The third-order valence-electron chi connectivity index (χ3n) is 6.27. The summed E-state index contributed by atoms with van der Waals surface area (Å²) in [6.07, 6.45) is 3.66. The Morgan fingerprint density at radius 1 is 1.03 bits per heavy atom. The summed E-state index contributed by atoms with van der Waals surface area (Å²) >= 11 is 0. The second-order valence-electron chi connectivity index (χ2n) is 8.90. The summed E-state index contributed by atoms with van der Waals surface area (Å²) in [4.78, 5) is 15.1. The van der Waals surface area contributed by atoms with Crippen LogP contribution in [0.4, 0.5) is 11.4 Å². The molecule has 1 heterocycles. The van der Waals surface area contributed by atoms with Crippen LogP contribution in [0.5, 0.6) is 5.75 Å². The van der Waals surface area contributed by atoms with E-state index in [2.05, 4.69) is 42.3 Å². The maximum Gasteiger partial charge on any atom is 0.227 e. The van der Waals surface area contributed by atoms with Gasteiger partial charge in [0.25, 0.3) is 0 Å². The number of hydrogen-bond donors (Lipinski definition) is 1. The summed E-state index contributed by atoms with van der Waals surface area (Å²) in [5.74, 6) is 0.691. The Morgan fingerprint density at radius 2 is 1.69 bits per heavy atom. The molecule has 0 spiro atoms. The van der Waals surface area contributed by atoms with Gasteiger partial charge in [0.1, 0.15) is 11.8 Å². The highest BCUT2D eigenvalue weighted by Crippen LogP contribution is 2.30. The summed E-state index contributed by atoms with van der Waals surface area (Å²) in [6.45, 7) is 5.94. The Bertz CT molecular complexity index is 951. The number of para-hydroxylation sites is 1. The molecule has 32 heavy (non-hydrogen) atoms. The van der Waals surface area contributed by atoms with Crippen molar-refractivity contribution < 1.29 is 14.3 Å². The van der Waals surface area contributed by atoms with Crippen molar-refractivity contribution in [1.29, 1.82) is 5.26 Å². The van der Waals surface area contributed by atoms with Crippen molar-refractivity contribution in [2.24, 2.45) is 5.92 Å². The van der Waals surface area contributed by atoms with E-state index in [0.29, 0.717) is 11.3 Å². The molecule has 1 N–H and O–H groups in total. The number of anilines is 2. The molecule has 1 saturated carbocycles. The first-order chi connectivity index (χ1) is 15.5. The molecule has 168 valence electrons. The fourth-order valence-corrected chi connectivity index (χ4v) is 4.67. The third-order valence-corrected chi connectivity index (χ3v) is 6.27. The minimum absolute atomic E-state index is 0.0123. The van der Waals surface area contributed by atoms with E-state index < -0.39 is 0 Å². The van der Waals surface area contributed by atoms with Gasteiger partial charge in [-0.3, -0.25) is 4.79 Å². The van der Waals surface area contributed by atoms with Crippen LogP contribution in [0, 0.1) is 17.2 Å². The second-order valence-corrected chi connectivity index (χ2v) is 8.90. The van der Waals surface area contributed by atoms with Gasteiger partial charge in [0, 0.05) is 30.4 Å². The van der Waals surface area contributed by atoms with Gasteiger partial charge in [-0.1, -0.05) is 12.1 Å². The molecule has 1 saturated heterocycles. The predicted octanol–water partition coefficient (Wildman–Crippen LogP) is 4.75. The monoisotopic (exact) mass is 433 g/mol. The van der Waals surface area contributed by atoms with E-state index in [1.807, 2.05) is 30.3 Å². The van der Waals surface area contributed by atoms with Crippen LogP contribution in [0.15, 0.2) is 48.5 Å². The molecule has 2 aromatic rings. The first-order valence-electron chi connectivity index (χ1n) is 11.5. The van der Waals surface area contributed by atoms with Crippen LogP contribution in [-0.2, 0) is 9.53 Å². The lowest BCUT2D eigenvalue weighted by Crippen LogP contribution is -2.45. The fourth-order valence-electron chi connectivity index (χ4n) is 4.67. The highest BCUT2D eigenvalue weighted by atomic mass is 16.5. The number of amides is 1. The Balaban J connectivity index is 1.27. The number of nitrogens with zero attached hydrogens (tertiary/aromatic N) is 2. The normalized spacial score (nSPS) is 25.6. The van der Waals surface area contributed by atoms with Gasteiger partial charge in [0.2, 0.25) is 5.91 Å². The van der Waals surface area contributed by atoms with E-state index in [9.17, 15) is 10.1 Å². The zero-order valence-corrected chi connectivity index (χ0v) is 18.8. The number of benzene rings is 2. The Kier molecular flexibility index (Phi) is 6.96. The van der Waals surface area contributed by atoms with E-state index in [1.165, 1.54) is 0 Å². The first-order valence-corrected chi connectivity index (χ1v) is 11.5. The Morgan fingerprint density at radius 3 is 2.34 bits per heavy atom. The maximum absolute atomic E-state index is 12.8. The van der Waals surface area contributed by atoms with Gasteiger partial charge >= 0.3 is 0 Å². The number of nitriles is 1. The van der Waals surface area contributed by atoms with Crippen LogP contribution in [0.3, 0.4) is 0 Å². The Hall–Kier alpha value is -3.04. The topological polar surface area (TPSA) is 74.6 Å². The van der Waals surface area contributed by atoms with E-state index in [1.54, 1.807) is 6.07 Å². The quantitative estimate of drug-likeness (QED) is 0.737. The number of hydrogen-bond acceptors (Lipinski definition) is 5. The van der Waals surface area contributed by atoms with Gasteiger partial charge < -0.3 is 19.7 Å². The molecule has 4 rings (SSSR count). The molecule has 1 amide bonds. The minimum Gasteiger partial charge on any atom is -0.489 e. The zero-order valence-electron chi connectivity index (χ0n) is 18.8. The summed E-state index contributed by atoms with van der Waals surface area (Å²) in [7, 11) is 0. The van der Waals surface area contributed by atoms with Crippen molar-refractivity contribution in [1.82, 2.24) is 0 Å². The second kappa shape index (κ2) is 10.1. The Labute approximate surface area is 190 Å². The molecule has 2 aliphatic rings. The fraction of sp³-hybridized carbons (Fsp3) is 0.462. The standard InChI is InChI=1S/C26H31N3O3/c1-18-16-29(17-19(2)31-18)23-11-9-22(10-12-23)28-26(30)20-7-13-24(14-8-20)32-25-6-4-3-5-21(25)15-27/h3-6,9-12,18-20,24H,7-8,13-14,16-17H2,1-2H3,(H,28,30)/t18-,19+,20?,24?. The van der Waals surface area contributed by atoms with E-state index in [0.717, 1.165) is 50.1 Å². The summed E-state index contributed by atoms with van der Waals surface area (Å²) in [6, 6.07) is 17.6. The minimum atomic E-state index is -0.0123. The lowest BCUT2D eigenvalue weighted by atomic mass is 9.86. The summed E-state index contributed by atoms with van der Waals surface area (Å²) in [5, 5.41) is 12.3. The van der Waals surface area contributed by atoms with Gasteiger partial charge in [-0.25, -0.2) is 0 Å². The molecule has 2 fully saturated rings. The number of rotatable bonds is 5. The van der Waals surface area contributed by atoms with Crippen LogP contribution in [-0.4, -0.2) is 37.3 Å². The summed E-state index contributed by atoms with van der Waals surface area (Å²) in [5.41, 5.74) is 2.53. The average Bonchev–Trinajstić information content (AvgIpc) is 2.80. The van der Waals surface area contributed by atoms with Gasteiger partial charge in [0.05, 0.1) is 23.9 Å². The van der Waals surface area contributed by atoms with Crippen LogP contribution in [0.25, 0.3) is 0 Å². The van der Waals surface area contributed by atoms with Crippen molar-refractivity contribution in [2.75, 3.05) is 23.3 Å². The zero-order chi connectivity index (χ0) is 22.5. The lowest BCUT2D eigenvalue weighted by molar-refractivity contribution is -0.121. The molecule has 6 heteroatoms. The van der Waals surface area contributed by atoms with Crippen molar-refractivity contribution in [3.05, 3.63) is 54.1 Å². The van der Waals surface area contributed by atoms with Gasteiger partial charge in [-0.2, -0.15) is 5.26 Å². The summed E-state index contributed by atoms with van der Waals surface area (Å²) < 4.78 is 11.9. The third kappa shape index (κ3) is 5.41. The molecule has 0 radical (unpaired) electrons. The number of morpholine rings is 1. The van der Waals surface area contributed by atoms with Gasteiger partial charge in [0.15, 0.2) is 0 Å². The van der Waals surface area contributed by atoms with Crippen molar-refractivity contribution in [2.45, 2.75) is 57.8 Å². The highest BCUT2D eigenvalue weighted by molar-refractivity contribution is 5.92. The number of carbonyl (C=O) groups is 1. The van der Waals surface area contributed by atoms with E-state index in [-0.39, 0.29) is 30.1 Å². The molecular formula is C26H31N3O3. The van der Waals surface area contributed by atoms with Crippen LogP contribution >= 0.6 is 0 Å². The maximum atomic E-state index is 12.8. The SMILES string of the molecule is C[C@@H]1CN(c2ccc(NC(=O)C3CCC(Oc4ccccc4C#N)CC3)cc2)C[C@H](C)O1. The van der Waals surface area contributed by atoms with Crippen LogP contribution in [0.2, 0.25) is 0 Å². The molecule has 2 aromatic carbocycles. The van der Waals surface area contributed by atoms with Gasteiger partial charge in [-0.05, 0) is 75.9 Å². The molecule has 1 aliphatic carbocycles. The van der Waals surface area contributed by atoms with Crippen molar-refractivity contribution >= 4 is 17.3 Å². The lowest BCUT2D eigenvalue weighted by Gasteiger charge is -2.36. The predicted molar refractivity (Wildman–Crippen MR) is 125 cm³/mol. The molecule has 0 aromatic heterocycles. The number of ether oxygens (including phenoxy) is 2. The molecular weight excluding hydrogens is 402 g/mol. The molecule has 2 atom stereocenters. The van der Waals surface area contributed by atoms with E-state index >= 15 is 0 Å². The molecule has 0 unspecified atom stereocenters. The molecule has 6 nitrogen and oxygen atoms in total. The van der Waals surface area contributed by atoms with Crippen molar-refractivity contribution in [3.63, 3.8) is 0 Å². The molecule has 1 aliphatic heterocycles. The van der Waals surface area contributed by atoms with Gasteiger partial charge in [-0.15, -0.1) is 0 Å². The average molecular weight is 434 g/mol. The number of nitrogens with one attached hydrogen (secondary N) is 1. The highest BCUT2D eigenvalue weighted by Gasteiger charge is 2.28.